The highest BCUT2D eigenvalue weighted by atomic mass is 16.7. The Balaban J connectivity index is 2.39. The lowest BCUT2D eigenvalue weighted by atomic mass is 10.1. The van der Waals surface area contributed by atoms with Gasteiger partial charge < -0.3 is 19.5 Å². The van der Waals surface area contributed by atoms with Crippen molar-refractivity contribution < 1.29 is 19.0 Å². The van der Waals surface area contributed by atoms with E-state index in [-0.39, 0.29) is 12.8 Å². The fourth-order valence-corrected chi connectivity index (χ4v) is 1.53. The van der Waals surface area contributed by atoms with Crippen LogP contribution >= 0.6 is 0 Å². The molecule has 16 heavy (non-hydrogen) atoms. The molecule has 1 heterocycles. The Bertz CT molecular complexity index is 417. The monoisotopic (exact) mass is 223 g/mol. The Hall–Kier alpha value is -1.91. The summed E-state index contributed by atoms with van der Waals surface area (Å²) in [5.41, 5.74) is 1.12. The van der Waals surface area contributed by atoms with E-state index >= 15 is 0 Å². The summed E-state index contributed by atoms with van der Waals surface area (Å²) in [4.78, 5) is 11.7. The number of nitrogens with one attached hydrogen (secondary N) is 1. The maximum atomic E-state index is 11.7. The summed E-state index contributed by atoms with van der Waals surface area (Å²) in [6, 6.07) is 3.36. The van der Waals surface area contributed by atoms with Crippen LogP contribution < -0.4 is 14.8 Å². The van der Waals surface area contributed by atoms with E-state index in [1.54, 1.807) is 26.1 Å². The molecule has 0 aromatic heterocycles. The molecule has 0 atom stereocenters. The third-order valence-corrected chi connectivity index (χ3v) is 2.28. The van der Waals surface area contributed by atoms with E-state index in [1.807, 2.05) is 0 Å². The summed E-state index contributed by atoms with van der Waals surface area (Å²) < 4.78 is 15.4. The molecule has 0 amide bonds. The first-order valence-corrected chi connectivity index (χ1v) is 5.04. The topological polar surface area (TPSA) is 56.8 Å². The first-order valence-electron chi connectivity index (χ1n) is 5.04. The van der Waals surface area contributed by atoms with Gasteiger partial charge in [-0.25, -0.2) is 4.79 Å². The predicted octanol–water partition coefficient (Wildman–Crippen LogP) is 1.63. The average molecular weight is 223 g/mol. The van der Waals surface area contributed by atoms with E-state index in [0.717, 1.165) is 0 Å². The highest BCUT2D eigenvalue weighted by Crippen LogP contribution is 2.37. The van der Waals surface area contributed by atoms with Crippen molar-refractivity contribution in [2.75, 3.05) is 25.8 Å². The first-order chi connectivity index (χ1) is 7.76. The number of carbonyl (C=O) groups is 1. The Kier molecular flexibility index (Phi) is 2.85. The minimum Gasteiger partial charge on any atom is -0.462 e. The molecule has 2 rings (SSSR count). The molecule has 86 valence electrons. The van der Waals surface area contributed by atoms with Crippen LogP contribution in [0.15, 0.2) is 12.1 Å². The number of hydrogen-bond donors (Lipinski definition) is 1. The van der Waals surface area contributed by atoms with E-state index < -0.39 is 0 Å². The standard InChI is InChI=1S/C11H13NO4/c1-3-14-11(13)7-4-9-10(16-6-15-9)5-8(7)12-2/h4-5,12H,3,6H2,1-2H3. The number of carbonyl (C=O) groups excluding carboxylic acids is 1. The van der Waals surface area contributed by atoms with Crippen LogP contribution in [-0.4, -0.2) is 26.4 Å². The van der Waals surface area contributed by atoms with E-state index in [2.05, 4.69) is 5.32 Å². The number of anilines is 1. The van der Waals surface area contributed by atoms with E-state index in [9.17, 15) is 4.79 Å². The molecule has 0 saturated heterocycles. The molecule has 0 spiro atoms. The molecule has 0 bridgehead atoms. The fraction of sp³-hybridized carbons (Fsp3) is 0.364. The quantitative estimate of drug-likeness (QED) is 0.789. The molecule has 1 aliphatic heterocycles. The van der Waals surface area contributed by atoms with Crippen LogP contribution in [0.5, 0.6) is 11.5 Å². The van der Waals surface area contributed by atoms with Gasteiger partial charge >= 0.3 is 5.97 Å². The molecule has 1 N–H and O–H groups in total. The molecule has 1 aliphatic rings. The van der Waals surface area contributed by atoms with Crippen LogP contribution in [0.3, 0.4) is 0 Å². The van der Waals surface area contributed by atoms with Gasteiger partial charge in [-0.1, -0.05) is 0 Å². The van der Waals surface area contributed by atoms with Crippen LogP contribution in [0.2, 0.25) is 0 Å². The molecule has 5 nitrogen and oxygen atoms in total. The average Bonchev–Trinajstić information content (AvgIpc) is 2.74. The van der Waals surface area contributed by atoms with Crippen LogP contribution in [-0.2, 0) is 4.74 Å². The highest BCUT2D eigenvalue weighted by Gasteiger charge is 2.20. The fourth-order valence-electron chi connectivity index (χ4n) is 1.53. The summed E-state index contributed by atoms with van der Waals surface area (Å²) in [6.07, 6.45) is 0. The lowest BCUT2D eigenvalue weighted by molar-refractivity contribution is 0.0527. The van der Waals surface area contributed by atoms with Gasteiger partial charge in [-0.05, 0) is 6.92 Å². The van der Waals surface area contributed by atoms with Crippen molar-refractivity contribution in [2.24, 2.45) is 0 Å². The molecule has 1 aromatic carbocycles. The van der Waals surface area contributed by atoms with Gasteiger partial charge in [0.2, 0.25) is 6.79 Å². The molecular formula is C11H13NO4. The van der Waals surface area contributed by atoms with Gasteiger partial charge in [0.1, 0.15) is 0 Å². The zero-order valence-electron chi connectivity index (χ0n) is 9.20. The smallest absolute Gasteiger partial charge is 0.340 e. The summed E-state index contributed by atoms with van der Waals surface area (Å²) in [6.45, 7) is 2.30. The summed E-state index contributed by atoms with van der Waals surface area (Å²) in [5, 5.41) is 2.93. The second kappa shape index (κ2) is 4.30. The van der Waals surface area contributed by atoms with Crippen molar-refractivity contribution in [2.45, 2.75) is 6.92 Å². The van der Waals surface area contributed by atoms with Gasteiger partial charge in [-0.3, -0.25) is 0 Å². The van der Waals surface area contributed by atoms with E-state index in [0.29, 0.717) is 29.4 Å². The number of fused-ring (bicyclic) bond motifs is 1. The molecule has 0 radical (unpaired) electrons. The number of hydrogen-bond acceptors (Lipinski definition) is 5. The van der Waals surface area contributed by atoms with Gasteiger partial charge in [0.15, 0.2) is 11.5 Å². The van der Waals surface area contributed by atoms with Crippen molar-refractivity contribution in [1.29, 1.82) is 0 Å². The Morgan fingerprint density at radius 1 is 1.44 bits per heavy atom. The van der Waals surface area contributed by atoms with Gasteiger partial charge in [0.25, 0.3) is 0 Å². The second-order valence-corrected chi connectivity index (χ2v) is 3.22. The van der Waals surface area contributed by atoms with Gasteiger partial charge in [-0.2, -0.15) is 0 Å². The second-order valence-electron chi connectivity index (χ2n) is 3.22. The molecule has 0 unspecified atom stereocenters. The van der Waals surface area contributed by atoms with Crippen molar-refractivity contribution in [3.8, 4) is 11.5 Å². The van der Waals surface area contributed by atoms with E-state index in [1.165, 1.54) is 0 Å². The predicted molar refractivity (Wildman–Crippen MR) is 58.1 cm³/mol. The normalized spacial score (nSPS) is 12.4. The lowest BCUT2D eigenvalue weighted by Crippen LogP contribution is -2.08. The lowest BCUT2D eigenvalue weighted by Gasteiger charge is -2.09. The van der Waals surface area contributed by atoms with Crippen LogP contribution in [0.4, 0.5) is 5.69 Å². The van der Waals surface area contributed by atoms with Crippen molar-refractivity contribution in [3.05, 3.63) is 17.7 Å². The Morgan fingerprint density at radius 2 is 2.12 bits per heavy atom. The van der Waals surface area contributed by atoms with Crippen molar-refractivity contribution in [1.82, 2.24) is 0 Å². The molecular weight excluding hydrogens is 210 g/mol. The van der Waals surface area contributed by atoms with Crippen molar-refractivity contribution >= 4 is 11.7 Å². The third-order valence-electron chi connectivity index (χ3n) is 2.28. The number of rotatable bonds is 3. The van der Waals surface area contributed by atoms with Crippen molar-refractivity contribution in [3.63, 3.8) is 0 Å². The minimum atomic E-state index is -0.370. The molecule has 5 heteroatoms. The Morgan fingerprint density at radius 3 is 2.75 bits per heavy atom. The first kappa shape index (κ1) is 10.6. The van der Waals surface area contributed by atoms with E-state index in [4.69, 9.17) is 14.2 Å². The molecule has 0 fully saturated rings. The third kappa shape index (κ3) is 1.76. The highest BCUT2D eigenvalue weighted by molar-refractivity contribution is 5.96. The number of benzene rings is 1. The minimum absolute atomic E-state index is 0.185. The SMILES string of the molecule is CCOC(=O)c1cc2c(cc1NC)OCO2. The zero-order valence-corrected chi connectivity index (χ0v) is 9.20. The zero-order chi connectivity index (χ0) is 11.5. The number of esters is 1. The molecule has 0 aliphatic carbocycles. The maximum Gasteiger partial charge on any atom is 0.340 e. The van der Waals surface area contributed by atoms with Gasteiger partial charge in [-0.15, -0.1) is 0 Å². The summed E-state index contributed by atoms with van der Waals surface area (Å²) in [7, 11) is 1.74. The maximum absolute atomic E-state index is 11.7. The molecule has 0 saturated carbocycles. The van der Waals surface area contributed by atoms with Crippen LogP contribution in [0.25, 0.3) is 0 Å². The largest absolute Gasteiger partial charge is 0.462 e. The van der Waals surface area contributed by atoms with Crippen LogP contribution in [0.1, 0.15) is 17.3 Å². The van der Waals surface area contributed by atoms with Gasteiger partial charge in [0, 0.05) is 19.2 Å². The summed E-state index contributed by atoms with van der Waals surface area (Å²) >= 11 is 0. The number of ether oxygens (including phenoxy) is 3. The Labute approximate surface area is 93.3 Å². The molecule has 1 aromatic rings. The van der Waals surface area contributed by atoms with Crippen LogP contribution in [0, 0.1) is 0 Å². The summed E-state index contributed by atoms with van der Waals surface area (Å²) in [5.74, 6) is 0.838. The van der Waals surface area contributed by atoms with Gasteiger partial charge in [0.05, 0.1) is 17.9 Å².